The minimum absolute atomic E-state index is 0.383. The number of anilines is 1. The minimum Gasteiger partial charge on any atom is -0.377 e. The van der Waals surface area contributed by atoms with Crippen molar-refractivity contribution in [2.75, 3.05) is 11.1 Å². The molecule has 0 saturated carbocycles. The molecule has 7 heteroatoms. The van der Waals surface area contributed by atoms with Gasteiger partial charge in [0.1, 0.15) is 5.76 Å². The second-order valence-electron chi connectivity index (χ2n) is 6.28. The van der Waals surface area contributed by atoms with Gasteiger partial charge in [0.15, 0.2) is 0 Å². The van der Waals surface area contributed by atoms with Crippen molar-refractivity contribution >= 4 is 39.3 Å². The Morgan fingerprint density at radius 2 is 2.17 bits per heavy atom. The molecular formula is C22H27BrN2O3S. The summed E-state index contributed by atoms with van der Waals surface area (Å²) in [7, 11) is 0. The van der Waals surface area contributed by atoms with E-state index in [9.17, 15) is 5.21 Å². The number of ether oxygens (including phenoxy) is 1. The monoisotopic (exact) mass is 478 g/mol. The minimum atomic E-state index is 0.383. The lowest BCUT2D eigenvalue weighted by molar-refractivity contribution is 0.134. The van der Waals surface area contributed by atoms with Gasteiger partial charge in [-0.15, -0.1) is 0 Å². The van der Waals surface area contributed by atoms with Crippen LogP contribution in [0.4, 0.5) is 5.82 Å². The van der Waals surface area contributed by atoms with Crippen LogP contribution in [0.2, 0.25) is 0 Å². The Morgan fingerprint density at radius 1 is 1.41 bits per heavy atom. The van der Waals surface area contributed by atoms with Crippen LogP contribution in [-0.4, -0.2) is 17.0 Å². The summed E-state index contributed by atoms with van der Waals surface area (Å²) < 4.78 is 11.9. The molecule has 5 nitrogen and oxygen atoms in total. The first-order valence-electron chi connectivity index (χ1n) is 9.31. The lowest BCUT2D eigenvalue weighted by atomic mass is 9.97. The maximum atomic E-state index is 10.6. The maximum Gasteiger partial charge on any atom is 0.210 e. The summed E-state index contributed by atoms with van der Waals surface area (Å²) in [5, 5.41) is 15.3. The fourth-order valence-corrected chi connectivity index (χ4v) is 3.90. The van der Waals surface area contributed by atoms with Crippen LogP contribution in [0.5, 0.6) is 0 Å². The number of aromatic nitrogens is 1. The molecular weight excluding hydrogens is 452 g/mol. The molecule has 0 fully saturated rings. The molecule has 1 N–H and O–H groups in total. The van der Waals surface area contributed by atoms with Crippen molar-refractivity contribution < 1.29 is 14.5 Å². The number of benzene rings is 1. The van der Waals surface area contributed by atoms with Crippen LogP contribution in [0.3, 0.4) is 0 Å². The van der Waals surface area contributed by atoms with Crippen LogP contribution in [-0.2, 0) is 16.7 Å². The summed E-state index contributed by atoms with van der Waals surface area (Å²) in [6.45, 7) is 12.6. The second-order valence-corrected chi connectivity index (χ2v) is 7.81. The first kappa shape index (κ1) is 23.5. The van der Waals surface area contributed by atoms with Gasteiger partial charge in [-0.3, -0.25) is 5.21 Å². The number of nitrogens with zero attached hydrogens (tertiary/aromatic N) is 2. The number of hydrogen-bond acceptors (Lipinski definition) is 6. The fraction of sp³-hybridized carbons (Fsp3) is 0.318. The zero-order chi connectivity index (χ0) is 21.4. The van der Waals surface area contributed by atoms with E-state index in [0.717, 1.165) is 37.0 Å². The highest BCUT2D eigenvalue weighted by Gasteiger charge is 2.20. The molecule has 0 radical (unpaired) electrons. The van der Waals surface area contributed by atoms with Gasteiger partial charge >= 0.3 is 0 Å². The van der Waals surface area contributed by atoms with Crippen molar-refractivity contribution in [3.05, 3.63) is 75.9 Å². The van der Waals surface area contributed by atoms with Crippen LogP contribution in [0.15, 0.2) is 52.4 Å². The molecule has 156 valence electrons. The quantitative estimate of drug-likeness (QED) is 0.176. The van der Waals surface area contributed by atoms with E-state index in [-0.39, 0.29) is 0 Å². The van der Waals surface area contributed by atoms with Gasteiger partial charge in [0.05, 0.1) is 6.61 Å². The van der Waals surface area contributed by atoms with Gasteiger partial charge in [-0.25, -0.2) is 0 Å². The van der Waals surface area contributed by atoms with E-state index in [1.807, 2.05) is 39.8 Å². The molecule has 0 aliphatic heterocycles. The van der Waals surface area contributed by atoms with Crippen molar-refractivity contribution in [1.29, 1.82) is 0 Å². The molecule has 0 atom stereocenters. The van der Waals surface area contributed by atoms with Crippen molar-refractivity contribution in [2.45, 2.75) is 39.6 Å². The van der Waals surface area contributed by atoms with Crippen molar-refractivity contribution in [3.63, 3.8) is 0 Å². The Labute approximate surface area is 185 Å². The van der Waals surface area contributed by atoms with Crippen LogP contribution in [0, 0.1) is 13.8 Å². The molecule has 0 aliphatic carbocycles. The first-order chi connectivity index (χ1) is 14.0. The normalized spacial score (nSPS) is 12.3. The van der Waals surface area contributed by atoms with E-state index < -0.39 is 0 Å². The molecule has 1 aromatic heterocycles. The summed E-state index contributed by atoms with van der Waals surface area (Å²) >= 11 is 4.69. The van der Waals surface area contributed by atoms with Crippen molar-refractivity contribution in [1.82, 2.24) is 5.16 Å². The van der Waals surface area contributed by atoms with Gasteiger partial charge in [0.25, 0.3) is 0 Å². The van der Waals surface area contributed by atoms with E-state index in [0.29, 0.717) is 24.8 Å². The third-order valence-electron chi connectivity index (χ3n) is 4.39. The third-order valence-corrected chi connectivity index (χ3v) is 6.03. The van der Waals surface area contributed by atoms with Gasteiger partial charge in [0, 0.05) is 34.4 Å². The van der Waals surface area contributed by atoms with E-state index in [4.69, 9.17) is 9.26 Å². The molecule has 0 amide bonds. The van der Waals surface area contributed by atoms with Crippen molar-refractivity contribution in [3.8, 4) is 0 Å². The third kappa shape index (κ3) is 5.85. The summed E-state index contributed by atoms with van der Waals surface area (Å²) in [5.41, 5.74) is 5.03. The fourth-order valence-electron chi connectivity index (χ4n) is 2.73. The average molecular weight is 479 g/mol. The summed E-state index contributed by atoms with van der Waals surface area (Å²) in [5.74, 6) is 1.06. The molecule has 2 rings (SSSR count). The van der Waals surface area contributed by atoms with E-state index >= 15 is 0 Å². The highest BCUT2D eigenvalue weighted by atomic mass is 79.9. The standard InChI is InChI=1S/C22H27BrN2O3S/c1-6-9-20(19-11-10-17(13-23)12-18(19)14-27-8-3)21(7-2)29-25(26)22-15(4)16(5)28-24-22/h6-7,9-12,26H,1,8,13-14H2,2-5H3/b20-9-,21-7+. The Kier molecular flexibility index (Phi) is 9.23. The average Bonchev–Trinajstić information content (AvgIpc) is 3.07. The number of aryl methyl sites for hydroxylation is 1. The highest BCUT2D eigenvalue weighted by Crippen LogP contribution is 2.38. The van der Waals surface area contributed by atoms with E-state index in [2.05, 4.69) is 45.9 Å². The van der Waals surface area contributed by atoms with E-state index in [1.165, 1.54) is 17.5 Å². The van der Waals surface area contributed by atoms with Crippen LogP contribution >= 0.6 is 27.9 Å². The zero-order valence-corrected chi connectivity index (χ0v) is 19.6. The van der Waals surface area contributed by atoms with Gasteiger partial charge in [-0.05, 0) is 50.0 Å². The van der Waals surface area contributed by atoms with Crippen LogP contribution in [0.25, 0.3) is 5.57 Å². The SMILES string of the molecule is C=C/C=C(\C(=C/C)SN(O)c1noc(C)c1C)c1ccc(CBr)cc1COCC. The Morgan fingerprint density at radius 3 is 2.72 bits per heavy atom. The number of hydrogen-bond donors (Lipinski definition) is 1. The Bertz CT molecular complexity index is 905. The van der Waals surface area contributed by atoms with Gasteiger partial charge in [0.2, 0.25) is 5.82 Å². The zero-order valence-electron chi connectivity index (χ0n) is 17.2. The molecule has 0 unspecified atom stereocenters. The summed E-state index contributed by atoms with van der Waals surface area (Å²) in [6.07, 6.45) is 5.64. The number of halogens is 1. The molecule has 0 bridgehead atoms. The molecule has 0 aliphatic rings. The van der Waals surface area contributed by atoms with Crippen LogP contribution < -0.4 is 4.47 Å². The Hall–Kier alpha value is -1.80. The number of allylic oxidation sites excluding steroid dienone is 4. The predicted octanol–water partition coefficient (Wildman–Crippen LogP) is 6.74. The molecule has 29 heavy (non-hydrogen) atoms. The number of rotatable bonds is 10. The number of alkyl halides is 1. The van der Waals surface area contributed by atoms with Gasteiger partial charge < -0.3 is 9.26 Å². The molecule has 0 saturated heterocycles. The smallest absolute Gasteiger partial charge is 0.210 e. The molecule has 2 aromatic rings. The second kappa shape index (κ2) is 11.4. The molecule has 1 heterocycles. The maximum absolute atomic E-state index is 10.6. The van der Waals surface area contributed by atoms with Gasteiger partial charge in [-0.2, -0.15) is 4.47 Å². The molecule has 1 aromatic carbocycles. The summed E-state index contributed by atoms with van der Waals surface area (Å²) in [6, 6.07) is 6.30. The largest absolute Gasteiger partial charge is 0.377 e. The molecule has 0 spiro atoms. The summed E-state index contributed by atoms with van der Waals surface area (Å²) in [4.78, 5) is 0.858. The van der Waals surface area contributed by atoms with Crippen LogP contribution in [0.1, 0.15) is 41.9 Å². The first-order valence-corrected chi connectivity index (χ1v) is 11.2. The van der Waals surface area contributed by atoms with E-state index in [1.54, 1.807) is 6.08 Å². The predicted molar refractivity (Wildman–Crippen MR) is 124 cm³/mol. The highest BCUT2D eigenvalue weighted by molar-refractivity contribution is 9.08. The van der Waals surface area contributed by atoms with Gasteiger partial charge in [-0.1, -0.05) is 64.1 Å². The lowest BCUT2D eigenvalue weighted by Gasteiger charge is -2.20. The Balaban J connectivity index is 2.42. The topological polar surface area (TPSA) is 58.7 Å². The lowest BCUT2D eigenvalue weighted by Crippen LogP contribution is -2.10. The van der Waals surface area contributed by atoms with Crippen molar-refractivity contribution in [2.24, 2.45) is 0 Å².